The van der Waals surface area contributed by atoms with E-state index in [-0.39, 0.29) is 29.4 Å². The lowest BCUT2D eigenvalue weighted by Gasteiger charge is -2.17. The second kappa shape index (κ2) is 4.69. The van der Waals surface area contributed by atoms with Crippen LogP contribution in [0.1, 0.15) is 44.9 Å². The zero-order valence-corrected chi connectivity index (χ0v) is 12.6. The highest BCUT2D eigenvalue weighted by molar-refractivity contribution is 6.04. The second-order valence-electron chi connectivity index (χ2n) is 6.58. The molecule has 2 aliphatic heterocycles. The zero-order valence-electron chi connectivity index (χ0n) is 12.6. The van der Waals surface area contributed by atoms with Gasteiger partial charge in [-0.15, -0.1) is 0 Å². The first-order valence-electron chi connectivity index (χ1n) is 7.88. The Morgan fingerprint density at radius 3 is 2.77 bits per heavy atom. The summed E-state index contributed by atoms with van der Waals surface area (Å²) in [5.41, 5.74) is 2.91. The predicted octanol–water partition coefficient (Wildman–Crippen LogP) is 0.660. The molecule has 0 aromatic carbocycles. The van der Waals surface area contributed by atoms with E-state index in [1.165, 1.54) is 0 Å². The summed E-state index contributed by atoms with van der Waals surface area (Å²) in [6, 6.07) is 0. The molecule has 2 N–H and O–H groups in total. The number of carbonyl (C=O) groups is 3. The van der Waals surface area contributed by atoms with Crippen LogP contribution in [0.3, 0.4) is 0 Å². The molecule has 3 heterocycles. The van der Waals surface area contributed by atoms with E-state index in [1.807, 2.05) is 6.92 Å². The molecule has 2 saturated heterocycles. The van der Waals surface area contributed by atoms with E-state index in [1.54, 1.807) is 4.90 Å². The summed E-state index contributed by atoms with van der Waals surface area (Å²) >= 11 is 0. The molecule has 0 radical (unpaired) electrons. The lowest BCUT2D eigenvalue weighted by Crippen LogP contribution is -2.34. The standard InChI is InChI=1S/C16H19N3O3/c1-8-13-11(3-2-4-12(13)20)18-14(8)16(22)19-6-9-5-17-15(21)10(9)7-19/h9-10,18H,2-7H2,1H3,(H,17,21)/t9-,10+/m0/s1. The number of nitrogens with one attached hydrogen (secondary N) is 2. The summed E-state index contributed by atoms with van der Waals surface area (Å²) in [4.78, 5) is 41.5. The number of carbonyl (C=O) groups excluding carboxylic acids is 3. The van der Waals surface area contributed by atoms with Gasteiger partial charge < -0.3 is 15.2 Å². The van der Waals surface area contributed by atoms with E-state index in [0.717, 1.165) is 24.1 Å². The van der Waals surface area contributed by atoms with Gasteiger partial charge in [0.05, 0.1) is 5.92 Å². The van der Waals surface area contributed by atoms with Crippen molar-refractivity contribution >= 4 is 17.6 Å². The topological polar surface area (TPSA) is 82.3 Å². The average molecular weight is 301 g/mol. The summed E-state index contributed by atoms with van der Waals surface area (Å²) in [5, 5.41) is 2.85. The summed E-state index contributed by atoms with van der Waals surface area (Å²) in [6.07, 6.45) is 2.23. The zero-order chi connectivity index (χ0) is 15.4. The lowest BCUT2D eigenvalue weighted by atomic mass is 9.94. The van der Waals surface area contributed by atoms with Gasteiger partial charge in [0.25, 0.3) is 5.91 Å². The molecule has 0 bridgehead atoms. The number of ketones is 1. The number of Topliss-reactive ketones (excluding diaryl/α,β-unsaturated/α-hetero) is 1. The lowest BCUT2D eigenvalue weighted by molar-refractivity contribution is -0.122. The van der Waals surface area contributed by atoms with Crippen molar-refractivity contribution in [1.29, 1.82) is 0 Å². The molecule has 22 heavy (non-hydrogen) atoms. The molecule has 6 heteroatoms. The minimum absolute atomic E-state index is 0.0537. The number of nitrogens with zero attached hydrogens (tertiary/aromatic N) is 1. The third-order valence-electron chi connectivity index (χ3n) is 5.25. The van der Waals surface area contributed by atoms with Crippen molar-refractivity contribution in [3.63, 3.8) is 0 Å². The first-order valence-corrected chi connectivity index (χ1v) is 7.88. The number of rotatable bonds is 1. The summed E-state index contributed by atoms with van der Waals surface area (Å²) in [7, 11) is 0. The van der Waals surface area contributed by atoms with Crippen LogP contribution in [0.25, 0.3) is 0 Å². The molecule has 0 unspecified atom stereocenters. The van der Waals surface area contributed by atoms with Crippen LogP contribution >= 0.6 is 0 Å². The van der Waals surface area contributed by atoms with E-state index < -0.39 is 0 Å². The van der Waals surface area contributed by atoms with E-state index in [0.29, 0.717) is 37.3 Å². The monoisotopic (exact) mass is 301 g/mol. The molecule has 1 aliphatic carbocycles. The predicted molar refractivity (Wildman–Crippen MR) is 78.7 cm³/mol. The third kappa shape index (κ3) is 1.82. The number of fused-ring (bicyclic) bond motifs is 2. The number of aryl methyl sites for hydroxylation is 1. The largest absolute Gasteiger partial charge is 0.355 e. The van der Waals surface area contributed by atoms with Gasteiger partial charge >= 0.3 is 0 Å². The molecule has 0 spiro atoms. The highest BCUT2D eigenvalue weighted by Gasteiger charge is 2.44. The van der Waals surface area contributed by atoms with Crippen molar-refractivity contribution in [3.05, 3.63) is 22.5 Å². The normalized spacial score (nSPS) is 26.9. The van der Waals surface area contributed by atoms with E-state index in [9.17, 15) is 14.4 Å². The number of aromatic nitrogens is 1. The van der Waals surface area contributed by atoms with Gasteiger partial charge in [0.2, 0.25) is 5.91 Å². The molecule has 1 aromatic heterocycles. The fourth-order valence-corrected chi connectivity index (χ4v) is 4.05. The fraction of sp³-hybridized carbons (Fsp3) is 0.562. The molecular formula is C16H19N3O3. The number of amides is 2. The van der Waals surface area contributed by atoms with E-state index in [2.05, 4.69) is 10.3 Å². The number of hydrogen-bond donors (Lipinski definition) is 2. The van der Waals surface area contributed by atoms with Crippen LogP contribution in [0.2, 0.25) is 0 Å². The van der Waals surface area contributed by atoms with Gasteiger partial charge in [-0.05, 0) is 25.3 Å². The third-order valence-corrected chi connectivity index (χ3v) is 5.25. The van der Waals surface area contributed by atoms with Crippen molar-refractivity contribution in [1.82, 2.24) is 15.2 Å². The Kier molecular flexibility index (Phi) is 2.89. The van der Waals surface area contributed by atoms with Gasteiger partial charge in [-0.2, -0.15) is 0 Å². The van der Waals surface area contributed by atoms with Gasteiger partial charge in [-0.1, -0.05) is 0 Å². The quantitative estimate of drug-likeness (QED) is 0.799. The Morgan fingerprint density at radius 1 is 1.23 bits per heavy atom. The van der Waals surface area contributed by atoms with Crippen molar-refractivity contribution in [2.75, 3.05) is 19.6 Å². The molecule has 2 atom stereocenters. The SMILES string of the molecule is Cc1c(C(=O)N2C[C@@H]3CNC(=O)[C@@H]3C2)[nH]c2c1C(=O)CCC2. The van der Waals surface area contributed by atoms with Crippen molar-refractivity contribution in [3.8, 4) is 0 Å². The Bertz CT molecular complexity index is 691. The van der Waals surface area contributed by atoms with Crippen LogP contribution in [0, 0.1) is 18.8 Å². The Balaban J connectivity index is 1.62. The van der Waals surface area contributed by atoms with E-state index >= 15 is 0 Å². The average Bonchev–Trinajstić information content (AvgIpc) is 3.15. The van der Waals surface area contributed by atoms with Crippen LogP contribution in [0.4, 0.5) is 0 Å². The Hall–Kier alpha value is -2.11. The maximum Gasteiger partial charge on any atom is 0.270 e. The van der Waals surface area contributed by atoms with Crippen LogP contribution < -0.4 is 5.32 Å². The summed E-state index contributed by atoms with van der Waals surface area (Å²) in [6.45, 7) is 3.59. The first-order chi connectivity index (χ1) is 10.6. The van der Waals surface area contributed by atoms with Crippen molar-refractivity contribution in [2.24, 2.45) is 11.8 Å². The molecule has 2 fully saturated rings. The number of likely N-dealkylation sites (tertiary alicyclic amines) is 1. The number of aromatic amines is 1. The highest BCUT2D eigenvalue weighted by atomic mass is 16.2. The van der Waals surface area contributed by atoms with Gasteiger partial charge in [0.1, 0.15) is 5.69 Å². The van der Waals surface area contributed by atoms with Crippen LogP contribution in [0.5, 0.6) is 0 Å². The van der Waals surface area contributed by atoms with Crippen LogP contribution in [-0.4, -0.2) is 47.1 Å². The first kappa shape index (κ1) is 13.5. The molecule has 1 aromatic rings. The maximum atomic E-state index is 12.8. The maximum absolute atomic E-state index is 12.8. The van der Waals surface area contributed by atoms with E-state index in [4.69, 9.17) is 0 Å². The van der Waals surface area contributed by atoms with Gasteiger partial charge in [-0.25, -0.2) is 0 Å². The minimum atomic E-state index is -0.0816. The number of H-pyrrole nitrogens is 1. The van der Waals surface area contributed by atoms with Gasteiger partial charge in [0.15, 0.2) is 5.78 Å². The highest BCUT2D eigenvalue weighted by Crippen LogP contribution is 2.31. The van der Waals surface area contributed by atoms with Crippen molar-refractivity contribution < 1.29 is 14.4 Å². The summed E-state index contributed by atoms with van der Waals surface area (Å²) < 4.78 is 0. The van der Waals surface area contributed by atoms with Gasteiger partial charge in [-0.3, -0.25) is 14.4 Å². The molecule has 6 nitrogen and oxygen atoms in total. The summed E-state index contributed by atoms with van der Waals surface area (Å²) in [5.74, 6) is 0.255. The van der Waals surface area contributed by atoms with Crippen LogP contribution in [0.15, 0.2) is 0 Å². The smallest absolute Gasteiger partial charge is 0.270 e. The fourth-order valence-electron chi connectivity index (χ4n) is 4.05. The Morgan fingerprint density at radius 2 is 2.05 bits per heavy atom. The molecular weight excluding hydrogens is 282 g/mol. The molecule has 2 amide bonds. The molecule has 3 aliphatic rings. The number of hydrogen-bond acceptors (Lipinski definition) is 3. The second-order valence-corrected chi connectivity index (χ2v) is 6.58. The molecule has 4 rings (SSSR count). The van der Waals surface area contributed by atoms with Crippen molar-refractivity contribution in [2.45, 2.75) is 26.2 Å². The minimum Gasteiger partial charge on any atom is -0.355 e. The Labute approximate surface area is 128 Å². The molecule has 0 saturated carbocycles. The van der Waals surface area contributed by atoms with Gasteiger partial charge in [0, 0.05) is 43.2 Å². The van der Waals surface area contributed by atoms with Crippen LogP contribution in [-0.2, 0) is 11.2 Å². The molecule has 116 valence electrons.